The molecule has 1 aliphatic rings. The standard InChI is InChI=1S/C28H33N3O3/c1-19(2)34-24-14-8-21(9-15-24)17-27(33)31-28-25(16-20-6-4-3-5-7-20)30-26(18-29-28)22-10-12-23(32)13-11-22/h8-15,18-20,32H,3-7,16-17H2,1-2H3,(H,29,31,33). The van der Waals surface area contributed by atoms with Crippen LogP contribution < -0.4 is 10.1 Å². The summed E-state index contributed by atoms with van der Waals surface area (Å²) in [6.07, 6.45) is 9.00. The van der Waals surface area contributed by atoms with Gasteiger partial charge in [-0.25, -0.2) is 9.97 Å². The van der Waals surface area contributed by atoms with Crippen molar-refractivity contribution in [2.75, 3.05) is 5.32 Å². The third kappa shape index (κ3) is 6.56. The van der Waals surface area contributed by atoms with Crippen molar-refractivity contribution in [2.24, 2.45) is 5.92 Å². The molecule has 1 aromatic heterocycles. The van der Waals surface area contributed by atoms with Gasteiger partial charge in [-0.3, -0.25) is 4.79 Å². The molecule has 1 amide bonds. The molecule has 4 rings (SSSR count). The van der Waals surface area contributed by atoms with E-state index >= 15 is 0 Å². The minimum Gasteiger partial charge on any atom is -0.508 e. The smallest absolute Gasteiger partial charge is 0.229 e. The Kier molecular flexibility index (Phi) is 7.78. The molecule has 0 saturated heterocycles. The van der Waals surface area contributed by atoms with Gasteiger partial charge in [0.1, 0.15) is 11.5 Å². The average Bonchev–Trinajstić information content (AvgIpc) is 2.82. The maximum atomic E-state index is 12.8. The van der Waals surface area contributed by atoms with Crippen LogP contribution in [-0.4, -0.2) is 27.1 Å². The highest BCUT2D eigenvalue weighted by molar-refractivity contribution is 5.92. The maximum absolute atomic E-state index is 12.8. The largest absolute Gasteiger partial charge is 0.508 e. The minimum absolute atomic E-state index is 0.111. The first kappa shape index (κ1) is 23.7. The Morgan fingerprint density at radius 1 is 1.06 bits per heavy atom. The second-order valence-electron chi connectivity index (χ2n) is 9.34. The number of hydrogen-bond donors (Lipinski definition) is 2. The second-order valence-corrected chi connectivity index (χ2v) is 9.34. The predicted molar refractivity (Wildman–Crippen MR) is 134 cm³/mol. The SMILES string of the molecule is CC(C)Oc1ccc(CC(=O)Nc2ncc(-c3ccc(O)cc3)nc2CC2CCCCC2)cc1. The summed E-state index contributed by atoms with van der Waals surface area (Å²) in [7, 11) is 0. The number of phenols is 1. The van der Waals surface area contributed by atoms with Crippen LogP contribution in [0.1, 0.15) is 57.2 Å². The van der Waals surface area contributed by atoms with E-state index in [0.29, 0.717) is 11.7 Å². The van der Waals surface area contributed by atoms with Gasteiger partial charge < -0.3 is 15.2 Å². The lowest BCUT2D eigenvalue weighted by molar-refractivity contribution is -0.115. The molecule has 0 radical (unpaired) electrons. The Hall–Kier alpha value is -3.41. The molecule has 1 heterocycles. The molecular weight excluding hydrogens is 426 g/mol. The van der Waals surface area contributed by atoms with Crippen molar-refractivity contribution in [1.82, 2.24) is 9.97 Å². The fourth-order valence-electron chi connectivity index (χ4n) is 4.43. The van der Waals surface area contributed by atoms with E-state index in [2.05, 4.69) is 10.3 Å². The number of hydrogen-bond acceptors (Lipinski definition) is 5. The molecule has 6 heteroatoms. The third-order valence-corrected chi connectivity index (χ3v) is 6.13. The number of nitrogens with one attached hydrogen (secondary N) is 1. The molecule has 0 spiro atoms. The van der Waals surface area contributed by atoms with Crippen LogP contribution in [0.15, 0.2) is 54.7 Å². The molecule has 6 nitrogen and oxygen atoms in total. The van der Waals surface area contributed by atoms with E-state index in [1.54, 1.807) is 18.3 Å². The highest BCUT2D eigenvalue weighted by atomic mass is 16.5. The van der Waals surface area contributed by atoms with Crippen LogP contribution >= 0.6 is 0 Å². The van der Waals surface area contributed by atoms with Crippen LogP contribution in [0.4, 0.5) is 5.82 Å². The Morgan fingerprint density at radius 3 is 2.44 bits per heavy atom. The van der Waals surface area contributed by atoms with E-state index in [1.165, 1.54) is 32.1 Å². The first-order valence-electron chi connectivity index (χ1n) is 12.2. The summed E-state index contributed by atoms with van der Waals surface area (Å²) >= 11 is 0. The lowest BCUT2D eigenvalue weighted by Crippen LogP contribution is -2.19. The minimum atomic E-state index is -0.117. The zero-order valence-corrected chi connectivity index (χ0v) is 20.0. The second kappa shape index (κ2) is 11.1. The Labute approximate surface area is 201 Å². The number of anilines is 1. The van der Waals surface area contributed by atoms with Gasteiger partial charge in [-0.2, -0.15) is 0 Å². The molecular formula is C28H33N3O3. The lowest BCUT2D eigenvalue weighted by atomic mass is 9.86. The first-order valence-corrected chi connectivity index (χ1v) is 12.2. The quantitative estimate of drug-likeness (QED) is 0.435. The number of aromatic hydroxyl groups is 1. The van der Waals surface area contributed by atoms with Crippen molar-refractivity contribution < 1.29 is 14.6 Å². The van der Waals surface area contributed by atoms with Crippen molar-refractivity contribution >= 4 is 11.7 Å². The van der Waals surface area contributed by atoms with E-state index in [-0.39, 0.29) is 24.2 Å². The number of ether oxygens (including phenoxy) is 1. The highest BCUT2D eigenvalue weighted by Gasteiger charge is 2.19. The van der Waals surface area contributed by atoms with Gasteiger partial charge in [-0.1, -0.05) is 44.2 Å². The van der Waals surface area contributed by atoms with Gasteiger partial charge >= 0.3 is 0 Å². The molecule has 1 saturated carbocycles. The van der Waals surface area contributed by atoms with E-state index in [1.807, 2.05) is 50.2 Å². The summed E-state index contributed by atoms with van der Waals surface area (Å²) in [6, 6.07) is 14.6. The summed E-state index contributed by atoms with van der Waals surface area (Å²) in [5.74, 6) is 1.99. The normalized spacial score (nSPS) is 14.2. The Morgan fingerprint density at radius 2 is 1.76 bits per heavy atom. The molecule has 0 bridgehead atoms. The number of carbonyl (C=O) groups is 1. The van der Waals surface area contributed by atoms with Crippen molar-refractivity contribution in [3.63, 3.8) is 0 Å². The monoisotopic (exact) mass is 459 g/mol. The number of nitrogens with zero attached hydrogens (tertiary/aromatic N) is 2. The highest BCUT2D eigenvalue weighted by Crippen LogP contribution is 2.29. The predicted octanol–water partition coefficient (Wildman–Crippen LogP) is 5.94. The van der Waals surface area contributed by atoms with E-state index in [4.69, 9.17) is 9.72 Å². The van der Waals surface area contributed by atoms with Crippen LogP contribution in [-0.2, 0) is 17.6 Å². The molecule has 1 fully saturated rings. The van der Waals surface area contributed by atoms with Gasteiger partial charge in [0.15, 0.2) is 5.82 Å². The molecule has 0 atom stereocenters. The summed E-state index contributed by atoms with van der Waals surface area (Å²) in [5, 5.41) is 12.6. The zero-order valence-electron chi connectivity index (χ0n) is 20.0. The van der Waals surface area contributed by atoms with Gasteiger partial charge in [-0.15, -0.1) is 0 Å². The van der Waals surface area contributed by atoms with Crippen molar-refractivity contribution in [2.45, 2.75) is 64.9 Å². The van der Waals surface area contributed by atoms with E-state index in [0.717, 1.165) is 34.7 Å². The first-order chi connectivity index (χ1) is 16.5. The topological polar surface area (TPSA) is 84.3 Å². The number of amides is 1. The van der Waals surface area contributed by atoms with Gasteiger partial charge in [0.05, 0.1) is 30.1 Å². The molecule has 1 aliphatic carbocycles. The molecule has 0 unspecified atom stereocenters. The summed E-state index contributed by atoms with van der Waals surface area (Å²) in [4.78, 5) is 22.3. The number of benzene rings is 2. The zero-order chi connectivity index (χ0) is 23.9. The number of aromatic nitrogens is 2. The molecule has 178 valence electrons. The average molecular weight is 460 g/mol. The van der Waals surface area contributed by atoms with E-state index in [9.17, 15) is 9.90 Å². The van der Waals surface area contributed by atoms with Crippen LogP contribution in [0.3, 0.4) is 0 Å². The molecule has 2 N–H and O–H groups in total. The third-order valence-electron chi connectivity index (χ3n) is 6.13. The summed E-state index contributed by atoms with van der Waals surface area (Å²) in [5.41, 5.74) is 3.36. The Balaban J connectivity index is 1.50. The lowest BCUT2D eigenvalue weighted by Gasteiger charge is -2.22. The van der Waals surface area contributed by atoms with Crippen molar-refractivity contribution in [1.29, 1.82) is 0 Å². The maximum Gasteiger partial charge on any atom is 0.229 e. The number of rotatable bonds is 8. The van der Waals surface area contributed by atoms with Gasteiger partial charge in [0.25, 0.3) is 0 Å². The number of phenolic OH excluding ortho intramolecular Hbond substituents is 1. The number of carbonyl (C=O) groups excluding carboxylic acids is 1. The van der Waals surface area contributed by atoms with Crippen LogP contribution in [0.25, 0.3) is 11.3 Å². The van der Waals surface area contributed by atoms with Crippen LogP contribution in [0.2, 0.25) is 0 Å². The fraction of sp³-hybridized carbons (Fsp3) is 0.393. The van der Waals surface area contributed by atoms with Crippen LogP contribution in [0.5, 0.6) is 11.5 Å². The fourth-order valence-corrected chi connectivity index (χ4v) is 4.43. The van der Waals surface area contributed by atoms with Gasteiger partial charge in [0.2, 0.25) is 5.91 Å². The Bertz CT molecular complexity index is 1090. The molecule has 2 aromatic carbocycles. The molecule has 3 aromatic rings. The van der Waals surface area contributed by atoms with Gasteiger partial charge in [-0.05, 0) is 68.1 Å². The summed E-state index contributed by atoms with van der Waals surface area (Å²) < 4.78 is 5.68. The van der Waals surface area contributed by atoms with Crippen molar-refractivity contribution in [3.05, 3.63) is 66.0 Å². The summed E-state index contributed by atoms with van der Waals surface area (Å²) in [6.45, 7) is 3.97. The van der Waals surface area contributed by atoms with Crippen LogP contribution in [0, 0.1) is 5.92 Å². The molecule has 0 aliphatic heterocycles. The molecule has 34 heavy (non-hydrogen) atoms. The van der Waals surface area contributed by atoms with Crippen molar-refractivity contribution in [3.8, 4) is 22.8 Å². The van der Waals surface area contributed by atoms with Gasteiger partial charge in [0, 0.05) is 5.56 Å². The van der Waals surface area contributed by atoms with E-state index < -0.39 is 0 Å².